The lowest BCUT2D eigenvalue weighted by molar-refractivity contribution is 0.204. The SMILES string of the molecule is CCCn1ccc2cc(NC(=O)N(CCCCO)C3CC3)ccc21. The molecule has 0 radical (unpaired) electrons. The van der Waals surface area contributed by atoms with Crippen LogP contribution >= 0.6 is 0 Å². The molecule has 1 aromatic carbocycles. The number of anilines is 1. The smallest absolute Gasteiger partial charge is 0.322 e. The number of nitrogens with one attached hydrogen (secondary N) is 1. The number of hydrogen-bond donors (Lipinski definition) is 2. The van der Waals surface area contributed by atoms with Crippen molar-refractivity contribution < 1.29 is 9.90 Å². The molecule has 2 amide bonds. The Bertz CT molecular complexity index is 691. The van der Waals surface area contributed by atoms with Crippen molar-refractivity contribution in [2.75, 3.05) is 18.5 Å². The summed E-state index contributed by atoms with van der Waals surface area (Å²) in [5, 5.41) is 13.1. The van der Waals surface area contributed by atoms with E-state index in [0.29, 0.717) is 12.6 Å². The zero-order valence-electron chi connectivity index (χ0n) is 14.4. The third-order valence-corrected chi connectivity index (χ3v) is 4.54. The Balaban J connectivity index is 1.67. The van der Waals surface area contributed by atoms with Gasteiger partial charge in [0.05, 0.1) is 0 Å². The predicted molar refractivity (Wildman–Crippen MR) is 97.3 cm³/mol. The van der Waals surface area contributed by atoms with Gasteiger partial charge < -0.3 is 19.9 Å². The van der Waals surface area contributed by atoms with Crippen LogP contribution in [0.1, 0.15) is 39.0 Å². The van der Waals surface area contributed by atoms with Crippen molar-refractivity contribution in [3.8, 4) is 0 Å². The molecule has 1 saturated carbocycles. The van der Waals surface area contributed by atoms with Crippen LogP contribution in [0.4, 0.5) is 10.5 Å². The van der Waals surface area contributed by atoms with Gasteiger partial charge >= 0.3 is 6.03 Å². The summed E-state index contributed by atoms with van der Waals surface area (Å²) < 4.78 is 2.24. The number of aliphatic hydroxyl groups excluding tert-OH is 1. The van der Waals surface area contributed by atoms with Crippen molar-refractivity contribution in [1.82, 2.24) is 9.47 Å². The third-order valence-electron chi connectivity index (χ3n) is 4.54. The number of amides is 2. The van der Waals surface area contributed by atoms with Crippen LogP contribution in [0, 0.1) is 0 Å². The summed E-state index contributed by atoms with van der Waals surface area (Å²) in [6, 6.07) is 8.54. The molecule has 2 aromatic rings. The number of aromatic nitrogens is 1. The van der Waals surface area contributed by atoms with E-state index in [4.69, 9.17) is 5.11 Å². The summed E-state index contributed by atoms with van der Waals surface area (Å²) in [7, 11) is 0. The standard InChI is InChI=1S/C19H27N3O2/c1-2-10-21-12-9-15-14-16(5-8-18(15)21)20-19(24)22(17-6-7-17)11-3-4-13-23/h5,8-9,12,14,17,23H,2-4,6-7,10-11,13H2,1H3,(H,20,24). The van der Waals surface area contributed by atoms with Gasteiger partial charge in [-0.3, -0.25) is 0 Å². The average Bonchev–Trinajstić information content (AvgIpc) is 3.34. The normalized spacial score (nSPS) is 14.1. The number of carbonyl (C=O) groups is 1. The molecule has 24 heavy (non-hydrogen) atoms. The maximum atomic E-state index is 12.6. The molecule has 1 aliphatic carbocycles. The lowest BCUT2D eigenvalue weighted by Crippen LogP contribution is -2.37. The number of carbonyl (C=O) groups excluding carboxylic acids is 1. The summed E-state index contributed by atoms with van der Waals surface area (Å²) in [5.41, 5.74) is 2.05. The summed E-state index contributed by atoms with van der Waals surface area (Å²) in [6.07, 6.45) is 6.97. The van der Waals surface area contributed by atoms with Crippen molar-refractivity contribution in [1.29, 1.82) is 0 Å². The van der Waals surface area contributed by atoms with Crippen molar-refractivity contribution in [2.24, 2.45) is 0 Å². The van der Waals surface area contributed by atoms with E-state index in [1.165, 1.54) is 5.52 Å². The lowest BCUT2D eigenvalue weighted by Gasteiger charge is -2.22. The summed E-state index contributed by atoms with van der Waals surface area (Å²) in [5.74, 6) is 0. The molecule has 0 bridgehead atoms. The molecule has 0 aliphatic heterocycles. The van der Waals surface area contributed by atoms with E-state index in [1.807, 2.05) is 17.0 Å². The van der Waals surface area contributed by atoms with Crippen molar-refractivity contribution in [2.45, 2.75) is 51.6 Å². The van der Waals surface area contributed by atoms with Gasteiger partial charge in [-0.15, -0.1) is 0 Å². The fourth-order valence-electron chi connectivity index (χ4n) is 3.14. The first-order valence-electron chi connectivity index (χ1n) is 9.00. The predicted octanol–water partition coefficient (Wildman–Crippen LogP) is 3.82. The van der Waals surface area contributed by atoms with Crippen LogP contribution in [0.2, 0.25) is 0 Å². The summed E-state index contributed by atoms with van der Waals surface area (Å²) in [6.45, 7) is 4.08. The number of benzene rings is 1. The highest BCUT2D eigenvalue weighted by Gasteiger charge is 2.32. The van der Waals surface area contributed by atoms with Crippen LogP contribution in [-0.2, 0) is 6.54 Å². The second kappa shape index (κ2) is 7.71. The average molecular weight is 329 g/mol. The van der Waals surface area contributed by atoms with Crippen LogP contribution in [-0.4, -0.2) is 39.8 Å². The van der Waals surface area contributed by atoms with Gasteiger partial charge in [0, 0.05) is 48.5 Å². The fraction of sp³-hybridized carbons (Fsp3) is 0.526. The minimum Gasteiger partial charge on any atom is -0.396 e. The summed E-state index contributed by atoms with van der Waals surface area (Å²) in [4.78, 5) is 14.5. The van der Waals surface area contributed by atoms with Gasteiger partial charge in [0.1, 0.15) is 0 Å². The Kier molecular flexibility index (Phi) is 5.41. The minimum atomic E-state index is -0.0252. The summed E-state index contributed by atoms with van der Waals surface area (Å²) >= 11 is 0. The van der Waals surface area contributed by atoms with Crippen LogP contribution in [0.5, 0.6) is 0 Å². The maximum Gasteiger partial charge on any atom is 0.322 e. The number of rotatable bonds is 8. The van der Waals surface area contributed by atoms with E-state index in [-0.39, 0.29) is 12.6 Å². The zero-order chi connectivity index (χ0) is 16.9. The van der Waals surface area contributed by atoms with Gasteiger partial charge in [-0.25, -0.2) is 4.79 Å². The molecule has 3 rings (SSSR count). The third kappa shape index (κ3) is 3.90. The topological polar surface area (TPSA) is 57.5 Å². The van der Waals surface area contributed by atoms with Crippen LogP contribution in [0.15, 0.2) is 30.5 Å². The van der Waals surface area contributed by atoms with Crippen molar-refractivity contribution in [3.63, 3.8) is 0 Å². The molecule has 0 saturated heterocycles. The maximum absolute atomic E-state index is 12.6. The fourth-order valence-corrected chi connectivity index (χ4v) is 3.14. The number of aryl methyl sites for hydroxylation is 1. The van der Waals surface area contributed by atoms with Gasteiger partial charge in [0.2, 0.25) is 0 Å². The molecule has 1 aromatic heterocycles. The van der Waals surface area contributed by atoms with E-state index in [0.717, 1.165) is 49.7 Å². The second-order valence-electron chi connectivity index (χ2n) is 6.57. The van der Waals surface area contributed by atoms with Gasteiger partial charge in [-0.05, 0) is 56.4 Å². The lowest BCUT2D eigenvalue weighted by atomic mass is 10.2. The molecule has 0 spiro atoms. The number of hydrogen-bond acceptors (Lipinski definition) is 2. The van der Waals surface area contributed by atoms with Gasteiger partial charge in [0.15, 0.2) is 0 Å². The molecule has 130 valence electrons. The van der Waals surface area contributed by atoms with E-state index >= 15 is 0 Å². The molecule has 1 heterocycles. The first-order valence-corrected chi connectivity index (χ1v) is 9.00. The van der Waals surface area contributed by atoms with Gasteiger partial charge in [-0.1, -0.05) is 6.92 Å². The Hall–Kier alpha value is -2.01. The molecular formula is C19H27N3O2. The van der Waals surface area contributed by atoms with Crippen LogP contribution < -0.4 is 5.32 Å². The second-order valence-corrected chi connectivity index (χ2v) is 6.57. The highest BCUT2D eigenvalue weighted by atomic mass is 16.3. The number of fused-ring (bicyclic) bond motifs is 1. The minimum absolute atomic E-state index is 0.0252. The molecule has 5 heteroatoms. The quantitative estimate of drug-likeness (QED) is 0.723. The van der Waals surface area contributed by atoms with Crippen LogP contribution in [0.25, 0.3) is 10.9 Å². The first kappa shape index (κ1) is 16.8. The monoisotopic (exact) mass is 329 g/mol. The van der Waals surface area contributed by atoms with E-state index in [9.17, 15) is 4.79 Å². The van der Waals surface area contributed by atoms with Gasteiger partial charge in [0.25, 0.3) is 0 Å². The number of urea groups is 1. The number of unbranched alkanes of at least 4 members (excludes halogenated alkanes) is 1. The number of nitrogens with zero attached hydrogens (tertiary/aromatic N) is 2. The van der Waals surface area contributed by atoms with Crippen LogP contribution in [0.3, 0.4) is 0 Å². The Morgan fingerprint density at radius 2 is 2.17 bits per heavy atom. The molecule has 2 N–H and O–H groups in total. The molecule has 0 atom stereocenters. The Morgan fingerprint density at radius 1 is 1.33 bits per heavy atom. The van der Waals surface area contributed by atoms with Gasteiger partial charge in [-0.2, -0.15) is 0 Å². The largest absolute Gasteiger partial charge is 0.396 e. The highest BCUT2D eigenvalue weighted by molar-refractivity contribution is 5.93. The molecular weight excluding hydrogens is 302 g/mol. The van der Waals surface area contributed by atoms with E-state index in [2.05, 4.69) is 35.1 Å². The first-order chi connectivity index (χ1) is 11.7. The van der Waals surface area contributed by atoms with Crippen molar-refractivity contribution in [3.05, 3.63) is 30.5 Å². The Labute approximate surface area is 143 Å². The van der Waals surface area contributed by atoms with E-state index < -0.39 is 0 Å². The zero-order valence-corrected chi connectivity index (χ0v) is 14.4. The molecule has 0 unspecified atom stereocenters. The molecule has 5 nitrogen and oxygen atoms in total. The highest BCUT2D eigenvalue weighted by Crippen LogP contribution is 2.28. The van der Waals surface area contributed by atoms with E-state index in [1.54, 1.807) is 0 Å². The number of aliphatic hydroxyl groups is 1. The molecule has 1 aliphatic rings. The molecule has 1 fully saturated rings. The Morgan fingerprint density at radius 3 is 2.88 bits per heavy atom. The van der Waals surface area contributed by atoms with Crippen molar-refractivity contribution >= 4 is 22.6 Å².